The van der Waals surface area contributed by atoms with Gasteiger partial charge in [0.15, 0.2) is 6.61 Å². The summed E-state index contributed by atoms with van der Waals surface area (Å²) < 4.78 is 5.58. The van der Waals surface area contributed by atoms with Crippen LogP contribution in [0.1, 0.15) is 63.5 Å². The Balaban J connectivity index is 1.84. The van der Waals surface area contributed by atoms with Crippen LogP contribution in [0.2, 0.25) is 0 Å². The van der Waals surface area contributed by atoms with E-state index in [1.165, 1.54) is 11.1 Å². The Kier molecular flexibility index (Phi) is 7.05. The molecule has 0 bridgehead atoms. The molecular weight excluding hydrogens is 310 g/mol. The molecule has 0 saturated heterocycles. The smallest absolute Gasteiger partial charge is 0.262 e. The van der Waals surface area contributed by atoms with Gasteiger partial charge in [-0.15, -0.1) is 0 Å². The molecule has 3 nitrogen and oxygen atoms in total. The number of hydrogen-bond acceptors (Lipinski definition) is 2. The van der Waals surface area contributed by atoms with Crippen LogP contribution in [0.3, 0.4) is 0 Å². The number of carbonyl (C=O) groups excluding carboxylic acids is 1. The number of amides is 1. The fourth-order valence-electron chi connectivity index (χ4n) is 2.60. The van der Waals surface area contributed by atoms with Gasteiger partial charge in [0.25, 0.3) is 5.91 Å². The molecule has 2 rings (SSSR count). The maximum atomic E-state index is 12.0. The van der Waals surface area contributed by atoms with Crippen molar-refractivity contribution in [2.24, 2.45) is 0 Å². The van der Waals surface area contributed by atoms with Crippen LogP contribution in [0.5, 0.6) is 5.75 Å². The van der Waals surface area contributed by atoms with E-state index >= 15 is 0 Å². The molecule has 0 radical (unpaired) electrons. The van der Waals surface area contributed by atoms with Gasteiger partial charge in [0.1, 0.15) is 5.75 Å². The average Bonchev–Trinajstić information content (AvgIpc) is 2.66. The minimum atomic E-state index is -0.151. The molecule has 0 aliphatic rings. The van der Waals surface area contributed by atoms with Crippen molar-refractivity contribution in [1.29, 1.82) is 0 Å². The molecule has 3 heteroatoms. The molecule has 2 aromatic carbocycles. The fraction of sp³-hybridized carbons (Fsp3) is 0.409. The predicted molar refractivity (Wildman–Crippen MR) is 104 cm³/mol. The highest BCUT2D eigenvalue weighted by molar-refractivity contribution is 5.91. The summed E-state index contributed by atoms with van der Waals surface area (Å²) in [6.45, 7) is 8.77. The van der Waals surface area contributed by atoms with Gasteiger partial charge in [0.05, 0.1) is 0 Å². The summed E-state index contributed by atoms with van der Waals surface area (Å²) in [5.41, 5.74) is 3.38. The minimum Gasteiger partial charge on any atom is -0.484 e. The number of ether oxygens (including phenoxy) is 1. The molecule has 134 valence electrons. The molecule has 0 aromatic heterocycles. The minimum absolute atomic E-state index is 0.00971. The summed E-state index contributed by atoms with van der Waals surface area (Å²) in [5, 5.41) is 2.87. The first-order valence-corrected chi connectivity index (χ1v) is 9.16. The van der Waals surface area contributed by atoms with Crippen LogP contribution in [0.25, 0.3) is 0 Å². The lowest BCUT2D eigenvalue weighted by Gasteiger charge is -2.12. The molecule has 2 atom stereocenters. The van der Waals surface area contributed by atoms with Gasteiger partial charge in [-0.3, -0.25) is 4.79 Å². The lowest BCUT2D eigenvalue weighted by atomic mass is 9.99. The van der Waals surface area contributed by atoms with Gasteiger partial charge >= 0.3 is 0 Å². The van der Waals surface area contributed by atoms with Crippen molar-refractivity contribution >= 4 is 11.6 Å². The number of hydrogen-bond donors (Lipinski definition) is 1. The van der Waals surface area contributed by atoms with Gasteiger partial charge in [-0.2, -0.15) is 0 Å². The molecule has 0 heterocycles. The average molecular weight is 339 g/mol. The molecule has 0 aliphatic carbocycles. The normalized spacial score (nSPS) is 13.1. The SMILES string of the molecule is CC[C@@H](C)c1ccc(NC(=O)COc2ccc([C@@H](C)CC)cc2)cc1. The maximum Gasteiger partial charge on any atom is 0.262 e. The first-order chi connectivity index (χ1) is 12.0. The maximum absolute atomic E-state index is 12.0. The molecule has 0 spiro atoms. The molecule has 2 aromatic rings. The molecule has 1 N–H and O–H groups in total. The van der Waals surface area contributed by atoms with Crippen LogP contribution in [0, 0.1) is 0 Å². The van der Waals surface area contributed by atoms with Gasteiger partial charge < -0.3 is 10.1 Å². The number of benzene rings is 2. The van der Waals surface area contributed by atoms with E-state index in [-0.39, 0.29) is 12.5 Å². The van der Waals surface area contributed by atoms with Crippen molar-refractivity contribution in [3.8, 4) is 5.75 Å². The van der Waals surface area contributed by atoms with E-state index in [1.54, 1.807) is 0 Å². The molecule has 25 heavy (non-hydrogen) atoms. The van der Waals surface area contributed by atoms with Crippen LogP contribution in [-0.2, 0) is 4.79 Å². The van der Waals surface area contributed by atoms with E-state index in [2.05, 4.69) is 57.3 Å². The van der Waals surface area contributed by atoms with E-state index < -0.39 is 0 Å². The third-order valence-corrected chi connectivity index (χ3v) is 4.81. The van der Waals surface area contributed by atoms with E-state index in [0.717, 1.165) is 18.5 Å². The van der Waals surface area contributed by atoms with Crippen molar-refractivity contribution in [2.75, 3.05) is 11.9 Å². The Hall–Kier alpha value is -2.29. The molecule has 0 aliphatic heterocycles. The molecule has 0 fully saturated rings. The number of carbonyl (C=O) groups is 1. The first-order valence-electron chi connectivity index (χ1n) is 9.16. The van der Waals surface area contributed by atoms with Crippen LogP contribution < -0.4 is 10.1 Å². The Bertz CT molecular complexity index is 661. The highest BCUT2D eigenvalue weighted by Gasteiger charge is 2.07. The Morgan fingerprint density at radius 2 is 1.36 bits per heavy atom. The zero-order valence-corrected chi connectivity index (χ0v) is 15.7. The zero-order valence-electron chi connectivity index (χ0n) is 15.7. The summed E-state index contributed by atoms with van der Waals surface area (Å²) in [6.07, 6.45) is 2.22. The third-order valence-electron chi connectivity index (χ3n) is 4.81. The van der Waals surface area contributed by atoms with E-state index in [1.807, 2.05) is 24.3 Å². The number of anilines is 1. The van der Waals surface area contributed by atoms with Crippen molar-refractivity contribution < 1.29 is 9.53 Å². The number of rotatable bonds is 8. The van der Waals surface area contributed by atoms with Crippen molar-refractivity contribution in [3.05, 3.63) is 59.7 Å². The van der Waals surface area contributed by atoms with Crippen LogP contribution >= 0.6 is 0 Å². The predicted octanol–water partition coefficient (Wildman–Crippen LogP) is 5.73. The van der Waals surface area contributed by atoms with E-state index in [4.69, 9.17) is 4.74 Å². The molecule has 1 amide bonds. The topological polar surface area (TPSA) is 38.3 Å². The van der Waals surface area contributed by atoms with Crippen LogP contribution in [0.15, 0.2) is 48.5 Å². The lowest BCUT2D eigenvalue weighted by Crippen LogP contribution is -2.20. The second-order valence-corrected chi connectivity index (χ2v) is 6.65. The highest BCUT2D eigenvalue weighted by Crippen LogP contribution is 2.22. The quantitative estimate of drug-likeness (QED) is 0.667. The highest BCUT2D eigenvalue weighted by atomic mass is 16.5. The van der Waals surface area contributed by atoms with Gasteiger partial charge in [0, 0.05) is 5.69 Å². The van der Waals surface area contributed by atoms with Gasteiger partial charge in [-0.25, -0.2) is 0 Å². The van der Waals surface area contributed by atoms with Crippen LogP contribution in [0.4, 0.5) is 5.69 Å². The monoisotopic (exact) mass is 339 g/mol. The lowest BCUT2D eigenvalue weighted by molar-refractivity contribution is -0.118. The van der Waals surface area contributed by atoms with Crippen LogP contribution in [-0.4, -0.2) is 12.5 Å². The molecule has 0 saturated carbocycles. The fourth-order valence-corrected chi connectivity index (χ4v) is 2.60. The van der Waals surface area contributed by atoms with Gasteiger partial charge in [0.2, 0.25) is 0 Å². The molecular formula is C22H29NO2. The Morgan fingerprint density at radius 3 is 1.84 bits per heavy atom. The summed E-state index contributed by atoms with van der Waals surface area (Å²) in [4.78, 5) is 12.0. The summed E-state index contributed by atoms with van der Waals surface area (Å²) >= 11 is 0. The Morgan fingerprint density at radius 1 is 0.880 bits per heavy atom. The standard InChI is InChI=1S/C22H29NO2/c1-5-16(3)18-7-11-20(12-8-18)23-22(24)15-25-21-13-9-19(10-14-21)17(4)6-2/h7-14,16-17H,5-6,15H2,1-4H3,(H,23,24)/t16-,17+/m1/s1. The van der Waals surface area contributed by atoms with Crippen molar-refractivity contribution in [1.82, 2.24) is 0 Å². The van der Waals surface area contributed by atoms with Gasteiger partial charge in [-0.05, 0) is 60.1 Å². The van der Waals surface area contributed by atoms with Gasteiger partial charge in [-0.1, -0.05) is 52.0 Å². The van der Waals surface area contributed by atoms with Crippen molar-refractivity contribution in [2.45, 2.75) is 52.4 Å². The summed E-state index contributed by atoms with van der Waals surface area (Å²) in [6, 6.07) is 16.0. The van der Waals surface area contributed by atoms with E-state index in [0.29, 0.717) is 17.6 Å². The summed E-state index contributed by atoms with van der Waals surface area (Å²) in [7, 11) is 0. The Labute approximate surface area is 151 Å². The second kappa shape index (κ2) is 9.26. The summed E-state index contributed by atoms with van der Waals surface area (Å²) in [5.74, 6) is 1.64. The number of nitrogens with one attached hydrogen (secondary N) is 1. The third kappa shape index (κ3) is 5.63. The largest absolute Gasteiger partial charge is 0.484 e. The van der Waals surface area contributed by atoms with Crippen molar-refractivity contribution in [3.63, 3.8) is 0 Å². The second-order valence-electron chi connectivity index (χ2n) is 6.65. The first kappa shape index (κ1) is 19.0. The van der Waals surface area contributed by atoms with E-state index in [9.17, 15) is 4.79 Å². The zero-order chi connectivity index (χ0) is 18.2. The molecule has 0 unspecified atom stereocenters.